The minimum Gasteiger partial charge on any atom is -0.618 e. The summed E-state index contributed by atoms with van der Waals surface area (Å²) < 4.78 is 27.9. The maximum absolute atomic E-state index is 13.0. The number of pyridine rings is 1. The number of benzene rings is 1. The van der Waals surface area contributed by atoms with E-state index in [1.807, 2.05) is 0 Å². The average Bonchev–Trinajstić information content (AvgIpc) is 3.28. The lowest BCUT2D eigenvalue weighted by Crippen LogP contribution is -2.51. The molecule has 1 saturated heterocycles. The molecule has 1 fully saturated rings. The topological polar surface area (TPSA) is 152 Å². The Morgan fingerprint density at radius 1 is 1.12 bits per heavy atom. The predicted octanol–water partition coefficient (Wildman–Crippen LogP) is 0.848. The van der Waals surface area contributed by atoms with Crippen molar-refractivity contribution in [3.63, 3.8) is 0 Å². The molecule has 1 aliphatic rings. The van der Waals surface area contributed by atoms with Gasteiger partial charge in [-0.15, -0.1) is 10.2 Å². The standard InChI is InChI=1S/C20H17ClN8O4S/c21-13-4-5-14-15(11-13)24-20(23-14)34(32,33)28-9-7-27(8-10-28)19(30)18-22-12-16(25-26-18)17-3-1-2-6-29(17)31/h1-6,11-12H,7-10H2,(H,23,24). The molecule has 1 amide bonds. The molecule has 1 aromatic carbocycles. The van der Waals surface area contributed by atoms with Crippen LogP contribution in [0.3, 0.4) is 0 Å². The first kappa shape index (κ1) is 22.1. The Balaban J connectivity index is 1.27. The minimum absolute atomic E-state index is 0.0809. The number of hydrogen-bond donors (Lipinski definition) is 1. The van der Waals surface area contributed by atoms with E-state index in [4.69, 9.17) is 11.6 Å². The third kappa shape index (κ3) is 4.04. The van der Waals surface area contributed by atoms with Crippen LogP contribution in [-0.4, -0.2) is 74.9 Å². The van der Waals surface area contributed by atoms with Gasteiger partial charge < -0.3 is 15.1 Å². The van der Waals surface area contributed by atoms with Crippen molar-refractivity contribution in [2.45, 2.75) is 5.16 Å². The Kier molecular flexibility index (Phi) is 5.59. The number of nitrogens with one attached hydrogen (secondary N) is 1. The molecule has 0 atom stereocenters. The third-order valence-electron chi connectivity index (χ3n) is 5.37. The number of piperazine rings is 1. The van der Waals surface area contributed by atoms with Crippen LogP contribution in [-0.2, 0) is 10.0 Å². The summed E-state index contributed by atoms with van der Waals surface area (Å²) in [7, 11) is -3.88. The van der Waals surface area contributed by atoms with Gasteiger partial charge in [0.15, 0.2) is 11.9 Å². The van der Waals surface area contributed by atoms with Crippen molar-refractivity contribution in [3.8, 4) is 11.4 Å². The summed E-state index contributed by atoms with van der Waals surface area (Å²) in [5, 5.41) is 19.9. The summed E-state index contributed by atoms with van der Waals surface area (Å²) in [4.78, 5) is 25.2. The number of aromatic nitrogens is 6. The van der Waals surface area contributed by atoms with Crippen molar-refractivity contribution in [2.24, 2.45) is 0 Å². The highest BCUT2D eigenvalue weighted by atomic mass is 35.5. The number of carbonyl (C=O) groups is 1. The molecule has 4 aromatic rings. The van der Waals surface area contributed by atoms with Crippen LogP contribution < -0.4 is 4.73 Å². The maximum Gasteiger partial charge on any atom is 0.293 e. The molecular formula is C20H17ClN8O4S. The molecule has 0 unspecified atom stereocenters. The van der Waals surface area contributed by atoms with Crippen LogP contribution in [0.5, 0.6) is 0 Å². The Bertz CT molecular complexity index is 1480. The smallest absolute Gasteiger partial charge is 0.293 e. The van der Waals surface area contributed by atoms with Gasteiger partial charge in [0.2, 0.25) is 16.7 Å². The molecule has 12 nitrogen and oxygen atoms in total. The molecule has 3 aromatic heterocycles. The first-order valence-electron chi connectivity index (χ1n) is 10.2. The van der Waals surface area contributed by atoms with Gasteiger partial charge in [0, 0.05) is 43.3 Å². The number of hydrogen-bond acceptors (Lipinski definition) is 8. The van der Waals surface area contributed by atoms with E-state index in [0.717, 1.165) is 0 Å². The number of rotatable bonds is 4. The summed E-state index contributed by atoms with van der Waals surface area (Å²) in [5.74, 6) is -0.611. The van der Waals surface area contributed by atoms with Gasteiger partial charge >= 0.3 is 0 Å². The van der Waals surface area contributed by atoms with Crippen LogP contribution >= 0.6 is 11.6 Å². The van der Waals surface area contributed by atoms with Crippen molar-refractivity contribution in [3.05, 3.63) is 64.8 Å². The third-order valence-corrected chi connectivity index (χ3v) is 7.33. The summed E-state index contributed by atoms with van der Waals surface area (Å²) in [6, 6.07) is 9.70. The first-order chi connectivity index (χ1) is 16.3. The van der Waals surface area contributed by atoms with Crippen LogP contribution in [0.1, 0.15) is 10.6 Å². The zero-order chi connectivity index (χ0) is 23.9. The van der Waals surface area contributed by atoms with Gasteiger partial charge in [-0.05, 0) is 24.3 Å². The first-order valence-corrected chi connectivity index (χ1v) is 12.0. The largest absolute Gasteiger partial charge is 0.618 e. The van der Waals surface area contributed by atoms with Crippen molar-refractivity contribution in [1.29, 1.82) is 0 Å². The van der Waals surface area contributed by atoms with Gasteiger partial charge in [0.05, 0.1) is 17.2 Å². The van der Waals surface area contributed by atoms with Crippen LogP contribution in [0.15, 0.2) is 53.9 Å². The van der Waals surface area contributed by atoms with Crippen molar-refractivity contribution in [2.75, 3.05) is 26.2 Å². The molecule has 1 aliphatic heterocycles. The van der Waals surface area contributed by atoms with Gasteiger partial charge in [0.1, 0.15) is 0 Å². The van der Waals surface area contributed by atoms with Crippen LogP contribution in [0, 0.1) is 5.21 Å². The quantitative estimate of drug-likeness (QED) is 0.319. The van der Waals surface area contributed by atoms with Crippen molar-refractivity contribution >= 4 is 38.6 Å². The minimum atomic E-state index is -3.88. The SMILES string of the molecule is O=C(c1ncc(-c2cccc[n+]2[O-])nn1)N1CCN(S(=O)(=O)c2nc3ccc(Cl)cc3[nH]2)CC1. The number of sulfonamides is 1. The van der Waals surface area contributed by atoms with Crippen LogP contribution in [0.2, 0.25) is 5.02 Å². The van der Waals surface area contributed by atoms with Gasteiger partial charge in [-0.2, -0.15) is 9.04 Å². The van der Waals surface area contributed by atoms with E-state index in [0.29, 0.717) is 20.8 Å². The molecule has 14 heteroatoms. The molecule has 0 spiro atoms. The highest BCUT2D eigenvalue weighted by molar-refractivity contribution is 7.89. The van der Waals surface area contributed by atoms with Crippen LogP contribution in [0.4, 0.5) is 0 Å². The summed E-state index contributed by atoms with van der Waals surface area (Å²) in [6.07, 6.45) is 2.63. The molecular weight excluding hydrogens is 484 g/mol. The predicted molar refractivity (Wildman–Crippen MR) is 120 cm³/mol. The second-order valence-electron chi connectivity index (χ2n) is 7.48. The van der Waals surface area contributed by atoms with E-state index >= 15 is 0 Å². The van der Waals surface area contributed by atoms with Crippen molar-refractivity contribution in [1.82, 2.24) is 34.4 Å². The fraction of sp³-hybridized carbons (Fsp3) is 0.200. The number of aromatic amines is 1. The number of amides is 1. The number of nitrogens with zero attached hydrogens (tertiary/aromatic N) is 7. The van der Waals surface area contributed by atoms with E-state index < -0.39 is 15.9 Å². The highest BCUT2D eigenvalue weighted by Crippen LogP contribution is 2.22. The van der Waals surface area contributed by atoms with E-state index in [1.54, 1.807) is 36.4 Å². The van der Waals surface area contributed by atoms with E-state index in [1.165, 1.54) is 21.6 Å². The molecule has 1 N–H and O–H groups in total. The fourth-order valence-corrected chi connectivity index (χ4v) is 5.11. The number of halogens is 1. The van der Waals surface area contributed by atoms with E-state index in [-0.39, 0.29) is 48.5 Å². The molecule has 0 radical (unpaired) electrons. The number of imidazole rings is 1. The lowest BCUT2D eigenvalue weighted by molar-refractivity contribution is -0.593. The van der Waals surface area contributed by atoms with Crippen LogP contribution in [0.25, 0.3) is 22.4 Å². The summed E-state index contributed by atoms with van der Waals surface area (Å²) in [5.41, 5.74) is 1.50. The lowest BCUT2D eigenvalue weighted by atomic mass is 10.3. The summed E-state index contributed by atoms with van der Waals surface area (Å²) >= 11 is 5.96. The number of H-pyrrole nitrogens is 1. The molecule has 5 rings (SSSR count). The Morgan fingerprint density at radius 2 is 1.91 bits per heavy atom. The van der Waals surface area contributed by atoms with Gasteiger partial charge in [-0.3, -0.25) is 4.79 Å². The van der Waals surface area contributed by atoms with Gasteiger partial charge in [-0.1, -0.05) is 11.6 Å². The summed E-state index contributed by atoms with van der Waals surface area (Å²) in [6.45, 7) is 0.456. The fourth-order valence-electron chi connectivity index (χ4n) is 3.59. The van der Waals surface area contributed by atoms with E-state index in [2.05, 4.69) is 25.1 Å². The molecule has 0 saturated carbocycles. The number of fused-ring (bicyclic) bond motifs is 1. The highest BCUT2D eigenvalue weighted by Gasteiger charge is 2.33. The lowest BCUT2D eigenvalue weighted by Gasteiger charge is -2.32. The molecule has 4 heterocycles. The molecule has 34 heavy (non-hydrogen) atoms. The molecule has 174 valence electrons. The van der Waals surface area contributed by atoms with Gasteiger partial charge in [-0.25, -0.2) is 18.4 Å². The van der Waals surface area contributed by atoms with Gasteiger partial charge in [0.25, 0.3) is 15.9 Å². The molecule has 0 aliphatic carbocycles. The van der Waals surface area contributed by atoms with E-state index in [9.17, 15) is 18.4 Å². The average molecular weight is 501 g/mol. The second-order valence-corrected chi connectivity index (χ2v) is 9.77. The molecule has 0 bridgehead atoms. The zero-order valence-corrected chi connectivity index (χ0v) is 19.1. The Morgan fingerprint density at radius 3 is 2.62 bits per heavy atom. The monoisotopic (exact) mass is 500 g/mol. The normalized spacial score (nSPS) is 15.0. The maximum atomic E-state index is 13.0. The second kappa shape index (κ2) is 8.59. The Hall–Kier alpha value is -3.68. The van der Waals surface area contributed by atoms with Crippen molar-refractivity contribution < 1.29 is 17.9 Å². The zero-order valence-electron chi connectivity index (χ0n) is 17.5. The Labute approximate surface area is 198 Å². The number of carbonyl (C=O) groups excluding carboxylic acids is 1.